The maximum Gasteiger partial charge on any atom is 0.275 e. The van der Waals surface area contributed by atoms with Crippen LogP contribution in [0.5, 0.6) is 17.2 Å². The van der Waals surface area contributed by atoms with E-state index < -0.39 is 21.2 Å². The van der Waals surface area contributed by atoms with Gasteiger partial charge in [0.25, 0.3) is 10.1 Å². The molecule has 2 unspecified atom stereocenters. The minimum atomic E-state index is -4.48. The van der Waals surface area contributed by atoms with E-state index in [0.717, 1.165) is 24.5 Å². The average molecular weight is 534 g/mol. The fourth-order valence-electron chi connectivity index (χ4n) is 3.70. The molecule has 0 aromatic heterocycles. The molecular weight excluding hydrogens is 505 g/mol. The predicted molar refractivity (Wildman–Crippen MR) is 133 cm³/mol. The Labute approximate surface area is 210 Å². The van der Waals surface area contributed by atoms with E-state index >= 15 is 0 Å². The molecule has 1 fully saturated rings. The van der Waals surface area contributed by atoms with Gasteiger partial charge >= 0.3 is 0 Å². The van der Waals surface area contributed by atoms with Crippen LogP contribution in [0.3, 0.4) is 0 Å². The highest BCUT2D eigenvalue weighted by atomic mass is 35.5. The molecule has 0 saturated carbocycles. The lowest BCUT2D eigenvalue weighted by atomic mass is 9.98. The molecular formula is C23H29Cl2NO7S. The SMILES string of the molecule is CCC(C(=O)c1cc(OC)c(OC)c(OC)c1)S(=O)(=O)O.Clc1cccc(C2CCNC2)c1Cl. The van der Waals surface area contributed by atoms with Crippen molar-refractivity contribution in [2.24, 2.45) is 0 Å². The summed E-state index contributed by atoms with van der Waals surface area (Å²) in [5, 5.41) is 3.17. The number of rotatable bonds is 8. The molecule has 2 aromatic carbocycles. The van der Waals surface area contributed by atoms with Gasteiger partial charge in [-0.3, -0.25) is 9.35 Å². The third-order valence-electron chi connectivity index (χ3n) is 5.45. The van der Waals surface area contributed by atoms with Crippen LogP contribution in [0.1, 0.15) is 41.6 Å². The van der Waals surface area contributed by atoms with Crippen molar-refractivity contribution >= 4 is 39.1 Å². The Morgan fingerprint density at radius 2 is 1.76 bits per heavy atom. The largest absolute Gasteiger partial charge is 0.493 e. The van der Waals surface area contributed by atoms with Gasteiger partial charge in [0, 0.05) is 12.1 Å². The van der Waals surface area contributed by atoms with E-state index in [1.54, 1.807) is 0 Å². The van der Waals surface area contributed by atoms with Gasteiger partial charge in [0.2, 0.25) is 5.75 Å². The van der Waals surface area contributed by atoms with Gasteiger partial charge in [-0.1, -0.05) is 42.3 Å². The summed E-state index contributed by atoms with van der Waals surface area (Å²) in [7, 11) is -0.307. The van der Waals surface area contributed by atoms with E-state index in [2.05, 4.69) is 11.4 Å². The first kappa shape index (κ1) is 28.2. The second-order valence-electron chi connectivity index (χ2n) is 7.52. The maximum absolute atomic E-state index is 12.3. The van der Waals surface area contributed by atoms with E-state index in [1.807, 2.05) is 12.1 Å². The first-order chi connectivity index (χ1) is 16.1. The van der Waals surface area contributed by atoms with Gasteiger partial charge < -0.3 is 19.5 Å². The number of methoxy groups -OCH3 is 3. The molecule has 0 aliphatic carbocycles. The molecule has 0 spiro atoms. The summed E-state index contributed by atoms with van der Waals surface area (Å²) in [6.45, 7) is 3.59. The molecule has 188 valence electrons. The average Bonchev–Trinajstić information content (AvgIpc) is 3.34. The molecule has 8 nitrogen and oxygen atoms in total. The van der Waals surface area contributed by atoms with Crippen molar-refractivity contribution in [1.82, 2.24) is 5.32 Å². The summed E-state index contributed by atoms with van der Waals surface area (Å²) in [5.41, 5.74) is 1.23. The summed E-state index contributed by atoms with van der Waals surface area (Å²) in [4.78, 5) is 12.3. The topological polar surface area (TPSA) is 111 Å². The summed E-state index contributed by atoms with van der Waals surface area (Å²) < 4.78 is 47.0. The Kier molecular flexibility index (Phi) is 10.5. The number of nitrogens with one attached hydrogen (secondary N) is 1. The smallest absolute Gasteiger partial charge is 0.275 e. The number of ketones is 1. The van der Waals surface area contributed by atoms with Gasteiger partial charge in [0.05, 0.1) is 31.4 Å². The van der Waals surface area contributed by atoms with Gasteiger partial charge in [-0.05, 0) is 49.1 Å². The Morgan fingerprint density at radius 3 is 2.21 bits per heavy atom. The lowest BCUT2D eigenvalue weighted by molar-refractivity contribution is 0.0982. The van der Waals surface area contributed by atoms with Crippen molar-refractivity contribution in [3.05, 3.63) is 51.5 Å². The molecule has 34 heavy (non-hydrogen) atoms. The molecule has 2 atom stereocenters. The van der Waals surface area contributed by atoms with Crippen LogP contribution >= 0.6 is 23.2 Å². The van der Waals surface area contributed by atoms with E-state index in [1.165, 1.54) is 45.9 Å². The monoisotopic (exact) mass is 533 g/mol. The van der Waals surface area contributed by atoms with Crippen LogP contribution in [0.25, 0.3) is 0 Å². The van der Waals surface area contributed by atoms with Crippen LogP contribution in [0.2, 0.25) is 10.0 Å². The number of hydrogen-bond donors (Lipinski definition) is 2. The molecule has 0 amide bonds. The number of hydrogen-bond acceptors (Lipinski definition) is 7. The van der Waals surface area contributed by atoms with Crippen LogP contribution in [0, 0.1) is 0 Å². The minimum absolute atomic E-state index is 0.0473. The standard InChI is InChI=1S/C13H18O7S.C10H11Cl2N/c1-5-11(21(15,16)17)12(14)8-6-9(18-2)13(20-4)10(7-8)19-3;11-9-3-1-2-8(10(9)12)7-4-5-13-6-7/h6-7,11H,5H2,1-4H3,(H,15,16,17);1-3,7,13H,4-6H2. The van der Waals surface area contributed by atoms with Gasteiger partial charge in [0.1, 0.15) is 5.25 Å². The molecule has 3 rings (SSSR count). The number of benzene rings is 2. The Morgan fingerprint density at radius 1 is 1.15 bits per heavy atom. The van der Waals surface area contributed by atoms with Crippen LogP contribution in [0.15, 0.2) is 30.3 Å². The van der Waals surface area contributed by atoms with Crippen molar-refractivity contribution in [1.29, 1.82) is 0 Å². The molecule has 2 aromatic rings. The third kappa shape index (κ3) is 6.76. The minimum Gasteiger partial charge on any atom is -0.493 e. The summed E-state index contributed by atoms with van der Waals surface area (Å²) >= 11 is 12.1. The number of Topliss-reactive ketones (excluding diaryl/α,β-unsaturated/α-hetero) is 1. The molecule has 2 N–H and O–H groups in total. The second-order valence-corrected chi connectivity index (χ2v) is 9.91. The van der Waals surface area contributed by atoms with Crippen LogP contribution < -0.4 is 19.5 Å². The normalized spacial score (nSPS) is 16.3. The number of ether oxygens (including phenoxy) is 3. The molecule has 1 aliphatic rings. The highest BCUT2D eigenvalue weighted by Gasteiger charge is 2.31. The van der Waals surface area contributed by atoms with Crippen molar-refractivity contribution in [2.45, 2.75) is 30.9 Å². The van der Waals surface area contributed by atoms with E-state index in [0.29, 0.717) is 10.9 Å². The highest BCUT2D eigenvalue weighted by Crippen LogP contribution is 2.39. The fourth-order valence-corrected chi connectivity index (χ4v) is 4.99. The maximum atomic E-state index is 12.3. The fraction of sp³-hybridized carbons (Fsp3) is 0.435. The van der Waals surface area contributed by atoms with E-state index in [9.17, 15) is 13.2 Å². The van der Waals surface area contributed by atoms with Crippen molar-refractivity contribution in [3.8, 4) is 17.2 Å². The molecule has 1 aliphatic heterocycles. The summed E-state index contributed by atoms with van der Waals surface area (Å²) in [6, 6.07) is 8.54. The van der Waals surface area contributed by atoms with Gasteiger partial charge in [-0.25, -0.2) is 0 Å². The zero-order chi connectivity index (χ0) is 25.5. The van der Waals surface area contributed by atoms with Crippen LogP contribution in [-0.2, 0) is 10.1 Å². The molecule has 1 heterocycles. The zero-order valence-corrected chi connectivity index (χ0v) is 21.8. The van der Waals surface area contributed by atoms with Crippen LogP contribution in [0.4, 0.5) is 0 Å². The summed E-state index contributed by atoms with van der Waals surface area (Å²) in [5.74, 6) is 0.540. The molecule has 0 radical (unpaired) electrons. The van der Waals surface area contributed by atoms with Crippen LogP contribution in [-0.4, -0.2) is 58.4 Å². The lowest BCUT2D eigenvalue weighted by Gasteiger charge is -2.15. The Bertz CT molecular complexity index is 1080. The van der Waals surface area contributed by atoms with Crippen molar-refractivity contribution < 1.29 is 32.0 Å². The first-order valence-corrected chi connectivity index (χ1v) is 12.8. The number of carbonyl (C=O) groups excluding carboxylic acids is 1. The second kappa shape index (κ2) is 12.6. The van der Waals surface area contributed by atoms with E-state index in [4.69, 9.17) is 42.0 Å². The summed E-state index contributed by atoms with van der Waals surface area (Å²) in [6.07, 6.45) is 1.11. The Hall–Kier alpha value is -2.04. The Balaban J connectivity index is 0.000000266. The third-order valence-corrected chi connectivity index (χ3v) is 7.55. The first-order valence-electron chi connectivity index (χ1n) is 10.5. The molecule has 11 heteroatoms. The number of carbonyl (C=O) groups is 1. The quantitative estimate of drug-likeness (QED) is 0.373. The van der Waals surface area contributed by atoms with Crippen molar-refractivity contribution in [3.63, 3.8) is 0 Å². The van der Waals surface area contributed by atoms with Gasteiger partial charge in [0.15, 0.2) is 17.3 Å². The molecule has 0 bridgehead atoms. The van der Waals surface area contributed by atoms with Gasteiger partial charge in [-0.15, -0.1) is 0 Å². The van der Waals surface area contributed by atoms with Gasteiger partial charge in [-0.2, -0.15) is 8.42 Å². The number of halogens is 2. The zero-order valence-electron chi connectivity index (χ0n) is 19.4. The van der Waals surface area contributed by atoms with Crippen molar-refractivity contribution in [2.75, 3.05) is 34.4 Å². The molecule has 1 saturated heterocycles. The van der Waals surface area contributed by atoms with E-state index in [-0.39, 0.29) is 29.2 Å². The lowest BCUT2D eigenvalue weighted by Crippen LogP contribution is -2.29. The highest BCUT2D eigenvalue weighted by molar-refractivity contribution is 7.87. The predicted octanol–water partition coefficient (Wildman–Crippen LogP) is 4.63.